The van der Waals surface area contributed by atoms with Gasteiger partial charge in [-0.15, -0.1) is 0 Å². The smallest absolute Gasteiger partial charge is 0.338 e. The van der Waals surface area contributed by atoms with Crippen LogP contribution in [0.15, 0.2) is 24.3 Å². The van der Waals surface area contributed by atoms with Crippen LogP contribution < -0.4 is 4.90 Å². The number of carbonyl (C=O) groups excluding carboxylic acids is 1. The number of quaternary nitrogens is 1. The van der Waals surface area contributed by atoms with Gasteiger partial charge in [0.15, 0.2) is 0 Å². The topological polar surface area (TPSA) is 30.7 Å². The molecule has 1 aromatic rings. The zero-order chi connectivity index (χ0) is 11.3. The van der Waals surface area contributed by atoms with Crippen LogP contribution in [0.3, 0.4) is 0 Å². The van der Waals surface area contributed by atoms with E-state index in [2.05, 4.69) is 0 Å². The standard InChI is InChI=1S/C12H17NO2/c1-10-4-6-11(7-5-10)12(14)15-9-8-13(2)3/h4-7H,8-9H2,1-3H3/p+1. The van der Waals surface area contributed by atoms with Crippen molar-refractivity contribution in [3.8, 4) is 0 Å². The summed E-state index contributed by atoms with van der Waals surface area (Å²) in [5.74, 6) is -0.240. The number of likely N-dealkylation sites (N-methyl/N-ethyl adjacent to an activating group) is 1. The lowest BCUT2D eigenvalue weighted by Crippen LogP contribution is -3.06. The quantitative estimate of drug-likeness (QED) is 0.721. The summed E-state index contributed by atoms with van der Waals surface area (Å²) in [7, 11) is 4.05. The molecule has 0 atom stereocenters. The van der Waals surface area contributed by atoms with Crippen LogP contribution >= 0.6 is 0 Å². The van der Waals surface area contributed by atoms with Gasteiger partial charge in [0, 0.05) is 0 Å². The van der Waals surface area contributed by atoms with Crippen LogP contribution in [0.5, 0.6) is 0 Å². The molecular weight excluding hydrogens is 190 g/mol. The zero-order valence-electron chi connectivity index (χ0n) is 9.54. The van der Waals surface area contributed by atoms with E-state index in [-0.39, 0.29) is 5.97 Å². The molecule has 0 aliphatic rings. The lowest BCUT2D eigenvalue weighted by atomic mass is 10.1. The van der Waals surface area contributed by atoms with E-state index in [4.69, 9.17) is 4.74 Å². The Hall–Kier alpha value is -1.35. The molecule has 0 heterocycles. The van der Waals surface area contributed by atoms with E-state index in [0.717, 1.165) is 12.1 Å². The van der Waals surface area contributed by atoms with Crippen molar-refractivity contribution < 1.29 is 14.4 Å². The molecule has 3 nitrogen and oxygen atoms in total. The second kappa shape index (κ2) is 5.51. The van der Waals surface area contributed by atoms with Crippen molar-refractivity contribution >= 4 is 5.97 Å². The first-order valence-corrected chi connectivity index (χ1v) is 5.12. The minimum absolute atomic E-state index is 0.240. The molecule has 15 heavy (non-hydrogen) atoms. The number of nitrogens with one attached hydrogen (secondary N) is 1. The molecule has 0 fully saturated rings. The molecule has 0 saturated carbocycles. The van der Waals surface area contributed by atoms with Gasteiger partial charge < -0.3 is 9.64 Å². The van der Waals surface area contributed by atoms with Crippen LogP contribution in [0.1, 0.15) is 15.9 Å². The first kappa shape index (κ1) is 11.7. The van der Waals surface area contributed by atoms with Crippen LogP contribution in [0.4, 0.5) is 0 Å². The number of ether oxygens (including phenoxy) is 1. The lowest BCUT2D eigenvalue weighted by molar-refractivity contribution is -0.858. The summed E-state index contributed by atoms with van der Waals surface area (Å²) < 4.78 is 5.12. The normalized spacial score (nSPS) is 10.4. The minimum atomic E-state index is -0.240. The molecule has 1 aromatic carbocycles. The molecular formula is C12H18NO2+. The average Bonchev–Trinajstić information content (AvgIpc) is 2.18. The average molecular weight is 208 g/mol. The Kier molecular flexibility index (Phi) is 4.31. The Morgan fingerprint density at radius 3 is 2.40 bits per heavy atom. The molecule has 0 saturated heterocycles. The Morgan fingerprint density at radius 1 is 1.27 bits per heavy atom. The van der Waals surface area contributed by atoms with Gasteiger partial charge in [-0.3, -0.25) is 0 Å². The summed E-state index contributed by atoms with van der Waals surface area (Å²) >= 11 is 0. The van der Waals surface area contributed by atoms with Gasteiger partial charge in [0.1, 0.15) is 13.2 Å². The summed E-state index contributed by atoms with van der Waals surface area (Å²) in [6.07, 6.45) is 0. The minimum Gasteiger partial charge on any atom is -0.456 e. The largest absolute Gasteiger partial charge is 0.456 e. The molecule has 0 unspecified atom stereocenters. The fourth-order valence-corrected chi connectivity index (χ4v) is 1.12. The molecule has 0 bridgehead atoms. The van der Waals surface area contributed by atoms with E-state index in [1.165, 1.54) is 4.90 Å². The molecule has 0 aliphatic carbocycles. The summed E-state index contributed by atoms with van der Waals surface area (Å²) in [4.78, 5) is 12.8. The Balaban J connectivity index is 2.43. The molecule has 0 aliphatic heterocycles. The highest BCUT2D eigenvalue weighted by molar-refractivity contribution is 5.89. The van der Waals surface area contributed by atoms with E-state index >= 15 is 0 Å². The third-order valence-electron chi connectivity index (χ3n) is 2.12. The predicted octanol–water partition coefficient (Wildman–Crippen LogP) is 0.296. The van der Waals surface area contributed by atoms with Gasteiger partial charge in [-0.05, 0) is 19.1 Å². The van der Waals surface area contributed by atoms with Crippen LogP contribution in [-0.2, 0) is 4.74 Å². The van der Waals surface area contributed by atoms with Gasteiger partial charge in [0.2, 0.25) is 0 Å². The summed E-state index contributed by atoms with van der Waals surface area (Å²) in [5, 5.41) is 0. The van der Waals surface area contributed by atoms with Crippen molar-refractivity contribution in [3.05, 3.63) is 35.4 Å². The van der Waals surface area contributed by atoms with Crippen LogP contribution in [0, 0.1) is 6.92 Å². The maximum atomic E-state index is 11.5. The highest BCUT2D eigenvalue weighted by Crippen LogP contribution is 2.04. The van der Waals surface area contributed by atoms with Crippen LogP contribution in [-0.4, -0.2) is 33.2 Å². The summed E-state index contributed by atoms with van der Waals surface area (Å²) in [6.45, 7) is 3.29. The van der Waals surface area contributed by atoms with E-state index in [1.807, 2.05) is 33.2 Å². The van der Waals surface area contributed by atoms with Gasteiger partial charge in [-0.2, -0.15) is 0 Å². The third-order valence-corrected chi connectivity index (χ3v) is 2.12. The highest BCUT2D eigenvalue weighted by atomic mass is 16.5. The van der Waals surface area contributed by atoms with Crippen molar-refractivity contribution in [2.24, 2.45) is 0 Å². The molecule has 82 valence electrons. The fraction of sp³-hybridized carbons (Fsp3) is 0.417. The van der Waals surface area contributed by atoms with Crippen LogP contribution in [0.2, 0.25) is 0 Å². The van der Waals surface area contributed by atoms with E-state index in [0.29, 0.717) is 12.2 Å². The molecule has 1 rings (SSSR count). The van der Waals surface area contributed by atoms with E-state index < -0.39 is 0 Å². The lowest BCUT2D eigenvalue weighted by Gasteiger charge is -2.08. The van der Waals surface area contributed by atoms with Crippen molar-refractivity contribution in [1.29, 1.82) is 0 Å². The van der Waals surface area contributed by atoms with Crippen LogP contribution in [0.25, 0.3) is 0 Å². The third kappa shape index (κ3) is 4.13. The number of aryl methyl sites for hydroxylation is 1. The van der Waals surface area contributed by atoms with Gasteiger partial charge in [-0.25, -0.2) is 4.79 Å². The van der Waals surface area contributed by atoms with Gasteiger partial charge >= 0.3 is 5.97 Å². The monoisotopic (exact) mass is 208 g/mol. The maximum absolute atomic E-state index is 11.5. The molecule has 3 heteroatoms. The van der Waals surface area contributed by atoms with Gasteiger partial charge in [0.25, 0.3) is 0 Å². The molecule has 0 aromatic heterocycles. The second-order valence-electron chi connectivity index (χ2n) is 3.96. The number of rotatable bonds is 4. The maximum Gasteiger partial charge on any atom is 0.338 e. The SMILES string of the molecule is Cc1ccc(C(=O)OCC[NH+](C)C)cc1. The van der Waals surface area contributed by atoms with Gasteiger partial charge in [0.05, 0.1) is 19.7 Å². The Morgan fingerprint density at radius 2 is 1.87 bits per heavy atom. The number of hydrogen-bond acceptors (Lipinski definition) is 2. The predicted molar refractivity (Wildman–Crippen MR) is 59.1 cm³/mol. The Bertz CT molecular complexity index is 317. The first-order valence-electron chi connectivity index (χ1n) is 5.12. The van der Waals surface area contributed by atoms with Crippen molar-refractivity contribution in [2.75, 3.05) is 27.2 Å². The summed E-state index contributed by atoms with van der Waals surface area (Å²) in [5.41, 5.74) is 1.76. The zero-order valence-corrected chi connectivity index (χ0v) is 9.54. The van der Waals surface area contributed by atoms with Crippen molar-refractivity contribution in [1.82, 2.24) is 0 Å². The number of carbonyl (C=O) groups is 1. The van der Waals surface area contributed by atoms with Gasteiger partial charge in [-0.1, -0.05) is 17.7 Å². The fourth-order valence-electron chi connectivity index (χ4n) is 1.12. The first-order chi connectivity index (χ1) is 7.09. The number of hydrogen-bond donors (Lipinski definition) is 1. The van der Waals surface area contributed by atoms with Crippen molar-refractivity contribution in [3.63, 3.8) is 0 Å². The Labute approximate surface area is 90.7 Å². The highest BCUT2D eigenvalue weighted by Gasteiger charge is 2.06. The molecule has 0 radical (unpaired) electrons. The molecule has 0 amide bonds. The van der Waals surface area contributed by atoms with Crippen molar-refractivity contribution in [2.45, 2.75) is 6.92 Å². The molecule has 0 spiro atoms. The van der Waals surface area contributed by atoms with E-state index in [1.54, 1.807) is 12.1 Å². The molecule has 1 N–H and O–H groups in total. The number of benzene rings is 1. The van der Waals surface area contributed by atoms with E-state index in [9.17, 15) is 4.79 Å². The number of esters is 1. The summed E-state index contributed by atoms with van der Waals surface area (Å²) in [6, 6.07) is 7.40. The second-order valence-corrected chi connectivity index (χ2v) is 3.96.